The zero-order chi connectivity index (χ0) is 22.2. The fraction of sp³-hybridized carbons (Fsp3) is 0.304. The number of rotatable bonds is 8. The van der Waals surface area contributed by atoms with Crippen molar-refractivity contribution < 1.29 is 23.9 Å². The topological polar surface area (TPSA) is 105 Å². The van der Waals surface area contributed by atoms with E-state index in [1.165, 1.54) is 0 Å². The summed E-state index contributed by atoms with van der Waals surface area (Å²) in [5.74, 6) is -1.61. The third-order valence-electron chi connectivity index (χ3n) is 4.92. The highest BCUT2D eigenvalue weighted by Crippen LogP contribution is 2.22. The number of carbonyl (C=O) groups excluding carboxylic acids is 4. The van der Waals surface area contributed by atoms with E-state index < -0.39 is 18.5 Å². The number of amides is 3. The summed E-state index contributed by atoms with van der Waals surface area (Å²) in [4.78, 5) is 49.8. The minimum Gasteiger partial charge on any atom is -0.452 e. The Morgan fingerprint density at radius 3 is 2.61 bits per heavy atom. The molecular formula is C23H25N3O5. The van der Waals surface area contributed by atoms with Crippen molar-refractivity contribution in [2.24, 2.45) is 0 Å². The van der Waals surface area contributed by atoms with Crippen molar-refractivity contribution in [3.63, 3.8) is 0 Å². The number of aryl methyl sites for hydroxylation is 1. The van der Waals surface area contributed by atoms with Crippen LogP contribution in [0.2, 0.25) is 0 Å². The van der Waals surface area contributed by atoms with Gasteiger partial charge in [-0.1, -0.05) is 31.2 Å². The van der Waals surface area contributed by atoms with Crippen LogP contribution in [0.5, 0.6) is 0 Å². The summed E-state index contributed by atoms with van der Waals surface area (Å²) in [6.45, 7) is 1.86. The number of carbonyl (C=O) groups is 4. The first kappa shape index (κ1) is 22.0. The van der Waals surface area contributed by atoms with Gasteiger partial charge in [0.15, 0.2) is 6.61 Å². The molecule has 8 nitrogen and oxygen atoms in total. The van der Waals surface area contributed by atoms with Crippen molar-refractivity contribution >= 4 is 35.1 Å². The first-order valence-electron chi connectivity index (χ1n) is 10.2. The molecule has 0 aliphatic carbocycles. The average Bonchev–Trinajstić information content (AvgIpc) is 3.22. The largest absolute Gasteiger partial charge is 0.452 e. The van der Waals surface area contributed by atoms with Gasteiger partial charge >= 0.3 is 5.97 Å². The number of nitrogens with one attached hydrogen (secondary N) is 2. The van der Waals surface area contributed by atoms with E-state index in [9.17, 15) is 19.2 Å². The van der Waals surface area contributed by atoms with Gasteiger partial charge in [0.2, 0.25) is 11.8 Å². The molecule has 3 rings (SSSR count). The van der Waals surface area contributed by atoms with Crippen molar-refractivity contribution in [2.45, 2.75) is 26.2 Å². The van der Waals surface area contributed by atoms with Crippen LogP contribution in [-0.4, -0.2) is 43.4 Å². The fourth-order valence-electron chi connectivity index (χ4n) is 3.31. The molecule has 0 aromatic heterocycles. The van der Waals surface area contributed by atoms with Crippen molar-refractivity contribution in [2.75, 3.05) is 29.9 Å². The first-order valence-corrected chi connectivity index (χ1v) is 10.2. The number of para-hydroxylation sites is 1. The summed E-state index contributed by atoms with van der Waals surface area (Å²) in [5, 5.41) is 5.18. The Bertz CT molecular complexity index is 989. The maximum Gasteiger partial charge on any atom is 0.338 e. The molecule has 2 N–H and O–H groups in total. The van der Waals surface area contributed by atoms with Gasteiger partial charge in [-0.3, -0.25) is 14.4 Å². The van der Waals surface area contributed by atoms with Crippen molar-refractivity contribution in [1.82, 2.24) is 5.32 Å². The molecular weight excluding hydrogens is 398 g/mol. The standard InChI is InChI=1S/C23H25N3O5/c1-2-16-7-3-4-10-19(16)25-20(27)14-24-21(28)15-31-23(30)17-8-5-9-18(13-17)26-12-6-11-22(26)29/h3-5,7-10,13H,2,6,11-12,14-15H2,1H3,(H,24,28)(H,25,27). The zero-order valence-electron chi connectivity index (χ0n) is 17.3. The fourth-order valence-corrected chi connectivity index (χ4v) is 3.31. The van der Waals surface area contributed by atoms with Gasteiger partial charge in [-0.05, 0) is 42.7 Å². The Hall–Kier alpha value is -3.68. The molecule has 2 aromatic carbocycles. The van der Waals surface area contributed by atoms with Crippen LogP contribution in [0.3, 0.4) is 0 Å². The lowest BCUT2D eigenvalue weighted by Crippen LogP contribution is -2.35. The van der Waals surface area contributed by atoms with E-state index in [-0.39, 0.29) is 23.9 Å². The van der Waals surface area contributed by atoms with Crippen LogP contribution in [0.4, 0.5) is 11.4 Å². The molecule has 1 heterocycles. The van der Waals surface area contributed by atoms with Crippen LogP contribution in [0, 0.1) is 0 Å². The Labute approximate surface area is 180 Å². The highest BCUT2D eigenvalue weighted by Gasteiger charge is 2.22. The van der Waals surface area contributed by atoms with Crippen molar-refractivity contribution in [3.05, 3.63) is 59.7 Å². The smallest absolute Gasteiger partial charge is 0.338 e. The van der Waals surface area contributed by atoms with Crippen LogP contribution in [-0.2, 0) is 25.5 Å². The summed E-state index contributed by atoms with van der Waals surface area (Å²) in [6, 6.07) is 14.0. The van der Waals surface area contributed by atoms with E-state index >= 15 is 0 Å². The van der Waals surface area contributed by atoms with E-state index in [0.29, 0.717) is 24.3 Å². The molecule has 31 heavy (non-hydrogen) atoms. The number of anilines is 2. The molecule has 2 aromatic rings. The highest BCUT2D eigenvalue weighted by atomic mass is 16.5. The molecule has 0 bridgehead atoms. The van der Waals surface area contributed by atoms with Crippen molar-refractivity contribution in [1.29, 1.82) is 0 Å². The third-order valence-corrected chi connectivity index (χ3v) is 4.92. The summed E-state index contributed by atoms with van der Waals surface area (Å²) in [6.07, 6.45) is 2.05. The molecule has 1 fully saturated rings. The van der Waals surface area contributed by atoms with Crippen LogP contribution >= 0.6 is 0 Å². The van der Waals surface area contributed by atoms with E-state index in [4.69, 9.17) is 4.74 Å². The van der Waals surface area contributed by atoms with Gasteiger partial charge in [0, 0.05) is 24.3 Å². The van der Waals surface area contributed by atoms with Gasteiger partial charge in [-0.15, -0.1) is 0 Å². The number of nitrogens with zero attached hydrogens (tertiary/aromatic N) is 1. The van der Waals surface area contributed by atoms with E-state index in [2.05, 4.69) is 10.6 Å². The lowest BCUT2D eigenvalue weighted by atomic mass is 10.1. The third kappa shape index (κ3) is 5.91. The highest BCUT2D eigenvalue weighted by molar-refractivity contribution is 5.98. The Morgan fingerprint density at radius 2 is 1.87 bits per heavy atom. The van der Waals surface area contributed by atoms with Crippen LogP contribution < -0.4 is 15.5 Å². The van der Waals surface area contributed by atoms with Crippen LogP contribution in [0.25, 0.3) is 0 Å². The second kappa shape index (κ2) is 10.4. The summed E-state index contributed by atoms with van der Waals surface area (Å²) >= 11 is 0. The average molecular weight is 423 g/mol. The van der Waals surface area contributed by atoms with Gasteiger partial charge in [0.1, 0.15) is 0 Å². The predicted molar refractivity (Wildman–Crippen MR) is 116 cm³/mol. The number of benzene rings is 2. The Kier molecular flexibility index (Phi) is 7.37. The first-order chi connectivity index (χ1) is 15.0. The number of hydrogen-bond donors (Lipinski definition) is 2. The van der Waals surface area contributed by atoms with Gasteiger partial charge in [-0.2, -0.15) is 0 Å². The molecule has 0 atom stereocenters. The molecule has 0 unspecified atom stereocenters. The summed E-state index contributed by atoms with van der Waals surface area (Å²) in [7, 11) is 0. The second-order valence-electron chi connectivity index (χ2n) is 7.11. The van der Waals surface area contributed by atoms with E-state index in [1.54, 1.807) is 35.2 Å². The lowest BCUT2D eigenvalue weighted by molar-refractivity contribution is -0.126. The van der Waals surface area contributed by atoms with E-state index in [0.717, 1.165) is 18.4 Å². The van der Waals surface area contributed by atoms with E-state index in [1.807, 2.05) is 25.1 Å². The summed E-state index contributed by atoms with van der Waals surface area (Å²) < 4.78 is 5.04. The SMILES string of the molecule is CCc1ccccc1NC(=O)CNC(=O)COC(=O)c1cccc(N2CCCC2=O)c1. The van der Waals surface area contributed by atoms with Gasteiger partial charge < -0.3 is 20.3 Å². The maximum absolute atomic E-state index is 12.3. The molecule has 0 spiro atoms. The molecule has 0 saturated carbocycles. The predicted octanol–water partition coefficient (Wildman–Crippen LogP) is 2.29. The van der Waals surface area contributed by atoms with Crippen LogP contribution in [0.15, 0.2) is 48.5 Å². The Morgan fingerprint density at radius 1 is 1.06 bits per heavy atom. The quantitative estimate of drug-likeness (QED) is 0.634. The van der Waals surface area contributed by atoms with Crippen molar-refractivity contribution in [3.8, 4) is 0 Å². The minimum absolute atomic E-state index is 0.0183. The second-order valence-corrected chi connectivity index (χ2v) is 7.11. The van der Waals surface area contributed by atoms with Crippen LogP contribution in [0.1, 0.15) is 35.7 Å². The maximum atomic E-state index is 12.3. The van der Waals surface area contributed by atoms with Gasteiger partial charge in [0.25, 0.3) is 5.91 Å². The number of hydrogen-bond acceptors (Lipinski definition) is 5. The molecule has 162 valence electrons. The normalized spacial score (nSPS) is 13.1. The zero-order valence-corrected chi connectivity index (χ0v) is 17.3. The van der Waals surface area contributed by atoms with Gasteiger partial charge in [0.05, 0.1) is 12.1 Å². The minimum atomic E-state index is -0.676. The molecule has 3 amide bonds. The monoisotopic (exact) mass is 423 g/mol. The number of ether oxygens (including phenoxy) is 1. The molecule has 1 aliphatic rings. The Balaban J connectivity index is 1.46. The summed E-state index contributed by atoms with van der Waals surface area (Å²) in [5.41, 5.74) is 2.57. The lowest BCUT2D eigenvalue weighted by Gasteiger charge is -2.16. The molecule has 8 heteroatoms. The number of esters is 1. The molecule has 1 saturated heterocycles. The molecule has 1 aliphatic heterocycles. The van der Waals surface area contributed by atoms with Gasteiger partial charge in [-0.25, -0.2) is 4.79 Å². The molecule has 0 radical (unpaired) electrons.